The van der Waals surface area contributed by atoms with E-state index in [1.807, 2.05) is 18.2 Å². The van der Waals surface area contributed by atoms with Crippen molar-refractivity contribution in [2.24, 2.45) is 0 Å². The zero-order valence-electron chi connectivity index (χ0n) is 20.1. The number of rotatable bonds is 6. The monoisotopic (exact) mass is 497 g/mol. The van der Waals surface area contributed by atoms with Crippen molar-refractivity contribution in [1.82, 2.24) is 19.2 Å². The normalized spacial score (nSPS) is 19.1. The zero-order chi connectivity index (χ0) is 24.4. The fourth-order valence-corrected chi connectivity index (χ4v) is 6.09. The maximum absolute atomic E-state index is 13.1. The van der Waals surface area contributed by atoms with Crippen LogP contribution in [0.1, 0.15) is 18.8 Å². The number of anilines is 1. The first kappa shape index (κ1) is 23.9. The summed E-state index contributed by atoms with van der Waals surface area (Å²) in [6, 6.07) is 14.6. The van der Waals surface area contributed by atoms with Crippen LogP contribution >= 0.6 is 0 Å². The SMILES string of the molecule is COc1ccc(S(=O)(=O)N2CCN([C@@H](C)c3nc(N4CCOCC4)c4ccccc4n3)CC2)cc1. The van der Waals surface area contributed by atoms with Gasteiger partial charge in [-0.25, -0.2) is 18.4 Å². The lowest BCUT2D eigenvalue weighted by molar-refractivity contribution is 0.122. The van der Waals surface area contributed by atoms with Gasteiger partial charge >= 0.3 is 0 Å². The van der Waals surface area contributed by atoms with Gasteiger partial charge in [0, 0.05) is 44.7 Å². The molecule has 3 heterocycles. The minimum Gasteiger partial charge on any atom is -0.497 e. The molecular formula is C25H31N5O4S. The van der Waals surface area contributed by atoms with Crippen molar-refractivity contribution in [3.05, 3.63) is 54.4 Å². The number of nitrogens with zero attached hydrogens (tertiary/aromatic N) is 5. The maximum atomic E-state index is 13.1. The maximum Gasteiger partial charge on any atom is 0.243 e. The van der Waals surface area contributed by atoms with Crippen LogP contribution in [0, 0.1) is 0 Å². The number of piperazine rings is 1. The van der Waals surface area contributed by atoms with Gasteiger partial charge in [0.25, 0.3) is 0 Å². The molecule has 0 bridgehead atoms. The largest absolute Gasteiger partial charge is 0.497 e. The minimum atomic E-state index is -3.55. The average Bonchev–Trinajstić information content (AvgIpc) is 2.92. The van der Waals surface area contributed by atoms with Crippen molar-refractivity contribution in [3.8, 4) is 5.75 Å². The van der Waals surface area contributed by atoms with Crippen molar-refractivity contribution in [2.45, 2.75) is 17.9 Å². The molecule has 2 aromatic carbocycles. The highest BCUT2D eigenvalue weighted by Gasteiger charge is 2.31. The van der Waals surface area contributed by atoms with E-state index >= 15 is 0 Å². The fraction of sp³-hybridized carbons (Fsp3) is 0.440. The van der Waals surface area contributed by atoms with E-state index in [9.17, 15) is 8.42 Å². The highest BCUT2D eigenvalue weighted by Crippen LogP contribution is 2.29. The van der Waals surface area contributed by atoms with Gasteiger partial charge in [-0.05, 0) is 43.3 Å². The topological polar surface area (TPSA) is 88.1 Å². The van der Waals surface area contributed by atoms with Gasteiger partial charge in [0.15, 0.2) is 0 Å². The number of aromatic nitrogens is 2. The summed E-state index contributed by atoms with van der Waals surface area (Å²) in [4.78, 5) is 14.7. The smallest absolute Gasteiger partial charge is 0.243 e. The standard InChI is InChI=1S/C25H31N5O4S/c1-19(24-26-23-6-4-3-5-22(23)25(27-24)29-15-17-34-18-16-29)28-11-13-30(14-12-28)35(31,32)21-9-7-20(33-2)8-10-21/h3-10,19H,11-18H2,1-2H3/t19-/m0/s1. The summed E-state index contributed by atoms with van der Waals surface area (Å²) in [7, 11) is -1.99. The summed E-state index contributed by atoms with van der Waals surface area (Å²) in [6.45, 7) is 7.14. The predicted molar refractivity (Wildman–Crippen MR) is 134 cm³/mol. The van der Waals surface area contributed by atoms with Crippen LogP contribution in [-0.2, 0) is 14.8 Å². The molecular weight excluding hydrogens is 466 g/mol. The molecule has 2 aliphatic heterocycles. The molecule has 10 heteroatoms. The van der Waals surface area contributed by atoms with Crippen molar-refractivity contribution >= 4 is 26.7 Å². The molecule has 9 nitrogen and oxygen atoms in total. The second kappa shape index (κ2) is 10.1. The van der Waals surface area contributed by atoms with E-state index in [2.05, 4.69) is 22.8 Å². The van der Waals surface area contributed by atoms with Gasteiger partial charge in [-0.1, -0.05) is 12.1 Å². The summed E-state index contributed by atoms with van der Waals surface area (Å²) < 4.78 is 38.5. The van der Waals surface area contributed by atoms with Crippen molar-refractivity contribution < 1.29 is 17.9 Å². The van der Waals surface area contributed by atoms with Crippen LogP contribution in [0.2, 0.25) is 0 Å². The average molecular weight is 498 g/mol. The van der Waals surface area contributed by atoms with Crippen molar-refractivity contribution in [2.75, 3.05) is 64.5 Å². The second-order valence-corrected chi connectivity index (χ2v) is 10.8. The molecule has 2 aliphatic rings. The van der Waals surface area contributed by atoms with Crippen LogP contribution in [0.3, 0.4) is 0 Å². The van der Waals surface area contributed by atoms with Gasteiger partial charge in [0.05, 0.1) is 36.8 Å². The van der Waals surface area contributed by atoms with Crippen LogP contribution in [0.15, 0.2) is 53.4 Å². The fourth-order valence-electron chi connectivity index (χ4n) is 4.67. The Bertz CT molecular complexity index is 1270. The quantitative estimate of drug-likeness (QED) is 0.514. The highest BCUT2D eigenvalue weighted by molar-refractivity contribution is 7.89. The first-order chi connectivity index (χ1) is 17.0. The third-order valence-corrected chi connectivity index (χ3v) is 8.72. The zero-order valence-corrected chi connectivity index (χ0v) is 20.9. The summed E-state index contributed by atoms with van der Waals surface area (Å²) >= 11 is 0. The Morgan fingerprint density at radius 2 is 1.60 bits per heavy atom. The number of para-hydroxylation sites is 1. The molecule has 1 aromatic heterocycles. The van der Waals surface area contributed by atoms with Crippen LogP contribution in [0.4, 0.5) is 5.82 Å². The first-order valence-corrected chi connectivity index (χ1v) is 13.4. The van der Waals surface area contributed by atoms with Crippen LogP contribution < -0.4 is 9.64 Å². The second-order valence-electron chi connectivity index (χ2n) is 8.81. The molecule has 0 unspecified atom stereocenters. The minimum absolute atomic E-state index is 0.0368. The number of hydrogen-bond acceptors (Lipinski definition) is 8. The number of sulfonamides is 1. The Morgan fingerprint density at radius 3 is 2.29 bits per heavy atom. The highest BCUT2D eigenvalue weighted by atomic mass is 32.2. The van der Waals surface area contributed by atoms with E-state index in [1.54, 1.807) is 35.7 Å². The molecule has 5 rings (SSSR count). The molecule has 0 amide bonds. The van der Waals surface area contributed by atoms with Crippen molar-refractivity contribution in [3.63, 3.8) is 0 Å². The Kier molecular flexibility index (Phi) is 6.88. The number of hydrogen-bond donors (Lipinski definition) is 0. The molecule has 2 saturated heterocycles. The Morgan fingerprint density at radius 1 is 0.914 bits per heavy atom. The Hall–Kier alpha value is -2.79. The van der Waals surface area contributed by atoms with E-state index in [4.69, 9.17) is 19.4 Å². The van der Waals surface area contributed by atoms with Gasteiger partial charge in [0.2, 0.25) is 10.0 Å². The van der Waals surface area contributed by atoms with E-state index in [1.165, 1.54) is 0 Å². The molecule has 0 N–H and O–H groups in total. The number of fused-ring (bicyclic) bond motifs is 1. The lowest BCUT2D eigenvalue weighted by Gasteiger charge is -2.37. The van der Waals surface area contributed by atoms with Gasteiger partial charge in [0.1, 0.15) is 17.4 Å². The van der Waals surface area contributed by atoms with Gasteiger partial charge < -0.3 is 14.4 Å². The lowest BCUT2D eigenvalue weighted by atomic mass is 10.1. The van der Waals surface area contributed by atoms with Crippen molar-refractivity contribution in [1.29, 1.82) is 0 Å². The summed E-state index contributed by atoms with van der Waals surface area (Å²) in [5.74, 6) is 2.34. The molecule has 0 spiro atoms. The van der Waals surface area contributed by atoms with Gasteiger partial charge in [-0.15, -0.1) is 0 Å². The van der Waals surface area contributed by atoms with Crippen LogP contribution in [0.5, 0.6) is 5.75 Å². The molecule has 1 atom stereocenters. The Labute approximate surface area is 206 Å². The van der Waals surface area contributed by atoms with Crippen LogP contribution in [0.25, 0.3) is 10.9 Å². The van der Waals surface area contributed by atoms with Gasteiger partial charge in [-0.3, -0.25) is 4.90 Å². The Balaban J connectivity index is 1.33. The molecule has 2 fully saturated rings. The van der Waals surface area contributed by atoms with E-state index in [0.29, 0.717) is 45.1 Å². The molecule has 0 radical (unpaired) electrons. The molecule has 35 heavy (non-hydrogen) atoms. The van der Waals surface area contributed by atoms with E-state index < -0.39 is 10.0 Å². The predicted octanol–water partition coefficient (Wildman–Crippen LogP) is 2.54. The van der Waals surface area contributed by atoms with E-state index in [-0.39, 0.29) is 10.9 Å². The molecule has 0 saturated carbocycles. The molecule has 0 aliphatic carbocycles. The van der Waals surface area contributed by atoms with E-state index in [0.717, 1.165) is 35.6 Å². The summed E-state index contributed by atoms with van der Waals surface area (Å²) in [5, 5.41) is 1.04. The number of methoxy groups -OCH3 is 1. The lowest BCUT2D eigenvalue weighted by Crippen LogP contribution is -2.49. The summed E-state index contributed by atoms with van der Waals surface area (Å²) in [5.41, 5.74) is 0.923. The third kappa shape index (κ3) is 4.84. The number of benzene rings is 2. The molecule has 186 valence electrons. The first-order valence-electron chi connectivity index (χ1n) is 11.9. The molecule has 3 aromatic rings. The number of morpholine rings is 1. The van der Waals surface area contributed by atoms with Gasteiger partial charge in [-0.2, -0.15) is 4.31 Å². The summed E-state index contributed by atoms with van der Waals surface area (Å²) in [6.07, 6.45) is 0. The number of ether oxygens (including phenoxy) is 2. The third-order valence-electron chi connectivity index (χ3n) is 6.80. The van der Waals surface area contributed by atoms with Crippen LogP contribution in [-0.4, -0.2) is 87.2 Å².